The lowest BCUT2D eigenvalue weighted by molar-refractivity contribution is 0.298. The van der Waals surface area contributed by atoms with E-state index >= 15 is 0 Å². The maximum Gasteiger partial charge on any atom is 0.191 e. The smallest absolute Gasteiger partial charge is 0.191 e. The molecule has 0 aliphatic heterocycles. The summed E-state index contributed by atoms with van der Waals surface area (Å²) in [5.41, 5.74) is 3.57. The predicted octanol–water partition coefficient (Wildman–Crippen LogP) is 2.97. The molecule has 0 saturated carbocycles. The molecule has 26 heavy (non-hydrogen) atoms. The molecule has 2 N–H and O–H groups in total. The topological polar surface area (TPSA) is 48.9 Å². The van der Waals surface area contributed by atoms with Crippen molar-refractivity contribution < 1.29 is 4.74 Å². The van der Waals surface area contributed by atoms with Crippen molar-refractivity contribution in [2.24, 2.45) is 4.99 Å². The Bertz CT molecular complexity index is 713. The Morgan fingerprint density at radius 1 is 1.12 bits per heavy atom. The van der Waals surface area contributed by atoms with Gasteiger partial charge in [0.15, 0.2) is 5.96 Å². The van der Waals surface area contributed by atoms with E-state index in [0.717, 1.165) is 23.8 Å². The molecule has 1 atom stereocenters. The van der Waals surface area contributed by atoms with Crippen molar-refractivity contribution in [3.05, 3.63) is 65.2 Å². The quantitative estimate of drug-likeness (QED) is 0.593. The minimum atomic E-state index is 0.267. The first kappa shape index (κ1) is 19.8. The van der Waals surface area contributed by atoms with Crippen LogP contribution >= 0.6 is 0 Å². The fraction of sp³-hybridized carbons (Fsp3) is 0.381. The lowest BCUT2D eigenvalue weighted by Crippen LogP contribution is -2.41. The lowest BCUT2D eigenvalue weighted by Gasteiger charge is -2.26. The van der Waals surface area contributed by atoms with Crippen molar-refractivity contribution in [1.82, 2.24) is 15.5 Å². The summed E-state index contributed by atoms with van der Waals surface area (Å²) in [5.74, 6) is 1.67. The molecular weight excluding hydrogens is 324 g/mol. The minimum Gasteiger partial charge on any atom is -0.496 e. The van der Waals surface area contributed by atoms with Gasteiger partial charge in [0.1, 0.15) is 5.75 Å². The molecule has 0 amide bonds. The molecule has 0 spiro atoms. The van der Waals surface area contributed by atoms with Crippen LogP contribution in [0.1, 0.15) is 22.7 Å². The average molecular weight is 354 g/mol. The molecule has 0 aliphatic carbocycles. The Morgan fingerprint density at radius 2 is 1.85 bits per heavy atom. The van der Waals surface area contributed by atoms with Gasteiger partial charge in [-0.3, -0.25) is 4.99 Å². The van der Waals surface area contributed by atoms with Crippen LogP contribution in [0.25, 0.3) is 0 Å². The summed E-state index contributed by atoms with van der Waals surface area (Å²) in [5, 5.41) is 6.79. The number of benzene rings is 2. The second-order valence-electron chi connectivity index (χ2n) is 6.51. The zero-order valence-corrected chi connectivity index (χ0v) is 16.4. The van der Waals surface area contributed by atoms with E-state index in [0.29, 0.717) is 6.54 Å². The molecule has 2 aromatic carbocycles. The van der Waals surface area contributed by atoms with Crippen LogP contribution in [0.3, 0.4) is 0 Å². The van der Waals surface area contributed by atoms with Crippen LogP contribution in [0, 0.1) is 6.92 Å². The normalized spacial score (nSPS) is 12.8. The second kappa shape index (κ2) is 9.82. The summed E-state index contributed by atoms with van der Waals surface area (Å²) in [7, 11) is 7.67. The molecule has 5 nitrogen and oxygen atoms in total. The van der Waals surface area contributed by atoms with Crippen molar-refractivity contribution in [1.29, 1.82) is 0 Å². The van der Waals surface area contributed by atoms with E-state index in [4.69, 9.17) is 4.74 Å². The minimum absolute atomic E-state index is 0.267. The molecule has 0 fully saturated rings. The number of aliphatic imine (C=N–C) groups is 1. The van der Waals surface area contributed by atoms with E-state index in [1.165, 1.54) is 11.1 Å². The molecule has 0 radical (unpaired) electrons. The summed E-state index contributed by atoms with van der Waals surface area (Å²) in [6, 6.07) is 17.0. The number of nitrogens with zero attached hydrogens (tertiary/aromatic N) is 2. The number of hydrogen-bond acceptors (Lipinski definition) is 3. The van der Waals surface area contributed by atoms with E-state index in [-0.39, 0.29) is 6.04 Å². The second-order valence-corrected chi connectivity index (χ2v) is 6.51. The van der Waals surface area contributed by atoms with Crippen molar-refractivity contribution in [3.63, 3.8) is 0 Å². The molecule has 1 unspecified atom stereocenters. The van der Waals surface area contributed by atoms with Crippen LogP contribution < -0.4 is 15.4 Å². The fourth-order valence-corrected chi connectivity index (χ4v) is 2.86. The number of likely N-dealkylation sites (N-methyl/N-ethyl adjacent to an activating group) is 1. The predicted molar refractivity (Wildman–Crippen MR) is 109 cm³/mol. The van der Waals surface area contributed by atoms with Crippen molar-refractivity contribution in [3.8, 4) is 5.75 Å². The summed E-state index contributed by atoms with van der Waals surface area (Å²) >= 11 is 0. The number of guanidine groups is 1. The first-order chi connectivity index (χ1) is 12.5. The molecule has 0 aliphatic rings. The Hall–Kier alpha value is -2.53. The standard InChI is InChI=1S/C21H30N4O/c1-16-11-12-18(20(13-16)26-5)14-23-21(22-2)24-15-19(25(3)4)17-9-7-6-8-10-17/h6-13,19H,14-15H2,1-5H3,(H2,22,23,24). The highest BCUT2D eigenvalue weighted by atomic mass is 16.5. The van der Waals surface area contributed by atoms with Crippen LogP contribution in [-0.2, 0) is 6.54 Å². The van der Waals surface area contributed by atoms with Crippen molar-refractivity contribution >= 4 is 5.96 Å². The SMILES string of the molecule is CN=C(NCc1ccc(C)cc1OC)NCC(c1ccccc1)N(C)C. The lowest BCUT2D eigenvalue weighted by atomic mass is 10.1. The number of rotatable bonds is 7. The number of methoxy groups -OCH3 is 1. The number of hydrogen-bond donors (Lipinski definition) is 2. The van der Waals surface area contributed by atoms with Crippen LogP contribution in [0.5, 0.6) is 5.75 Å². The van der Waals surface area contributed by atoms with E-state index in [1.54, 1.807) is 14.2 Å². The van der Waals surface area contributed by atoms with Gasteiger partial charge < -0.3 is 20.3 Å². The Kier molecular flexibility index (Phi) is 7.48. The van der Waals surface area contributed by atoms with E-state index in [1.807, 2.05) is 12.1 Å². The summed E-state index contributed by atoms with van der Waals surface area (Å²) in [6.45, 7) is 3.48. The van der Waals surface area contributed by atoms with E-state index < -0.39 is 0 Å². The number of ether oxygens (including phenoxy) is 1. The largest absolute Gasteiger partial charge is 0.496 e. The third-order valence-corrected chi connectivity index (χ3v) is 4.38. The van der Waals surface area contributed by atoms with Gasteiger partial charge in [0.05, 0.1) is 13.2 Å². The molecule has 0 bridgehead atoms. The monoisotopic (exact) mass is 354 g/mol. The van der Waals surface area contributed by atoms with Gasteiger partial charge in [-0.2, -0.15) is 0 Å². The molecule has 0 aromatic heterocycles. The molecule has 2 rings (SSSR count). The highest BCUT2D eigenvalue weighted by Gasteiger charge is 2.14. The first-order valence-corrected chi connectivity index (χ1v) is 8.84. The van der Waals surface area contributed by atoms with Crippen molar-refractivity contribution in [2.45, 2.75) is 19.5 Å². The van der Waals surface area contributed by atoms with Crippen LogP contribution in [0.4, 0.5) is 0 Å². The molecule has 5 heteroatoms. The number of aryl methyl sites for hydroxylation is 1. The van der Waals surface area contributed by atoms with Gasteiger partial charge in [-0.1, -0.05) is 42.5 Å². The van der Waals surface area contributed by atoms with Gasteiger partial charge in [0, 0.05) is 25.7 Å². The Balaban J connectivity index is 1.97. The van der Waals surface area contributed by atoms with Gasteiger partial charge in [0.25, 0.3) is 0 Å². The third-order valence-electron chi connectivity index (χ3n) is 4.38. The zero-order chi connectivity index (χ0) is 18.9. The molecule has 2 aromatic rings. The average Bonchev–Trinajstić information content (AvgIpc) is 2.65. The maximum absolute atomic E-state index is 5.47. The van der Waals surface area contributed by atoms with Crippen LogP contribution in [0.2, 0.25) is 0 Å². The Morgan fingerprint density at radius 3 is 2.46 bits per heavy atom. The summed E-state index contributed by atoms with van der Waals surface area (Å²) in [6.07, 6.45) is 0. The van der Waals surface area contributed by atoms with Gasteiger partial charge >= 0.3 is 0 Å². The Labute approximate surface area is 157 Å². The first-order valence-electron chi connectivity index (χ1n) is 8.84. The number of nitrogens with one attached hydrogen (secondary N) is 2. The molecule has 0 saturated heterocycles. The molecule has 140 valence electrons. The fourth-order valence-electron chi connectivity index (χ4n) is 2.86. The van der Waals surface area contributed by atoms with Gasteiger partial charge in [-0.15, -0.1) is 0 Å². The van der Waals surface area contributed by atoms with Gasteiger partial charge in [-0.25, -0.2) is 0 Å². The van der Waals surface area contributed by atoms with E-state index in [2.05, 4.69) is 77.9 Å². The van der Waals surface area contributed by atoms with Gasteiger partial charge in [0.2, 0.25) is 0 Å². The van der Waals surface area contributed by atoms with Crippen molar-refractivity contribution in [2.75, 3.05) is 34.8 Å². The van der Waals surface area contributed by atoms with Crippen LogP contribution in [-0.4, -0.2) is 45.7 Å². The summed E-state index contributed by atoms with van der Waals surface area (Å²) in [4.78, 5) is 6.54. The zero-order valence-electron chi connectivity index (χ0n) is 16.4. The molecular formula is C21H30N4O. The van der Waals surface area contributed by atoms with E-state index in [9.17, 15) is 0 Å². The maximum atomic E-state index is 5.47. The third kappa shape index (κ3) is 5.49. The van der Waals surface area contributed by atoms with Crippen LogP contribution in [0.15, 0.2) is 53.5 Å². The highest BCUT2D eigenvalue weighted by Crippen LogP contribution is 2.20. The molecule has 0 heterocycles. The van der Waals surface area contributed by atoms with Gasteiger partial charge in [-0.05, 0) is 38.2 Å². The summed E-state index contributed by atoms with van der Waals surface area (Å²) < 4.78 is 5.47. The highest BCUT2D eigenvalue weighted by molar-refractivity contribution is 5.79.